The summed E-state index contributed by atoms with van der Waals surface area (Å²) in [5.41, 5.74) is 1.68. The number of ether oxygens (including phenoxy) is 1. The van der Waals surface area contributed by atoms with Gasteiger partial charge in [-0.25, -0.2) is 4.79 Å². The Morgan fingerprint density at radius 2 is 2.05 bits per heavy atom. The van der Waals surface area contributed by atoms with Crippen LogP contribution >= 0.6 is 38.9 Å². The lowest BCUT2D eigenvalue weighted by atomic mass is 10.2. The van der Waals surface area contributed by atoms with Gasteiger partial charge in [-0.3, -0.25) is 4.79 Å². The van der Waals surface area contributed by atoms with E-state index in [9.17, 15) is 9.59 Å². The lowest BCUT2D eigenvalue weighted by Crippen LogP contribution is -2.11. The number of thiophene rings is 1. The van der Waals surface area contributed by atoms with E-state index in [-0.39, 0.29) is 16.5 Å². The highest BCUT2D eigenvalue weighted by Crippen LogP contribution is 2.28. The molecule has 0 aliphatic heterocycles. The number of benzene rings is 1. The van der Waals surface area contributed by atoms with Crippen molar-refractivity contribution in [3.05, 3.63) is 49.1 Å². The maximum absolute atomic E-state index is 12.1. The van der Waals surface area contributed by atoms with Crippen molar-refractivity contribution < 1.29 is 14.3 Å². The Labute approximate surface area is 139 Å². The van der Waals surface area contributed by atoms with Crippen LogP contribution in [0.5, 0.6) is 0 Å². The monoisotopic (exact) mass is 387 g/mol. The van der Waals surface area contributed by atoms with Gasteiger partial charge >= 0.3 is 5.97 Å². The van der Waals surface area contributed by atoms with E-state index < -0.39 is 5.97 Å². The molecule has 0 saturated heterocycles. The third-order valence-electron chi connectivity index (χ3n) is 2.71. The summed E-state index contributed by atoms with van der Waals surface area (Å²) in [7, 11) is 1.27. The van der Waals surface area contributed by atoms with Crippen molar-refractivity contribution in [3.63, 3.8) is 0 Å². The number of nitrogens with one attached hydrogen (secondary N) is 1. The second-order valence-corrected chi connectivity index (χ2v) is 6.98. The summed E-state index contributed by atoms with van der Waals surface area (Å²) >= 11 is 10.7. The first kappa shape index (κ1) is 16.0. The molecule has 2 aromatic rings. The maximum Gasteiger partial charge on any atom is 0.339 e. The van der Waals surface area contributed by atoms with Gasteiger partial charge in [-0.2, -0.15) is 0 Å². The van der Waals surface area contributed by atoms with Crippen LogP contribution < -0.4 is 5.32 Å². The van der Waals surface area contributed by atoms with Gasteiger partial charge in [0.1, 0.15) is 0 Å². The van der Waals surface area contributed by atoms with E-state index in [4.69, 9.17) is 11.6 Å². The molecule has 0 saturated carbocycles. The summed E-state index contributed by atoms with van der Waals surface area (Å²) in [6.07, 6.45) is 0. The van der Waals surface area contributed by atoms with Gasteiger partial charge in [0.05, 0.1) is 26.4 Å². The van der Waals surface area contributed by atoms with Crippen molar-refractivity contribution in [2.75, 3.05) is 12.4 Å². The molecule has 0 atom stereocenters. The normalized spacial score (nSPS) is 10.3. The Hall–Kier alpha value is -1.37. The van der Waals surface area contributed by atoms with Crippen LogP contribution in [0.15, 0.2) is 28.1 Å². The molecular formula is C14H11BrClNO3S. The molecule has 2 rings (SSSR count). The minimum Gasteiger partial charge on any atom is -0.465 e. The largest absolute Gasteiger partial charge is 0.465 e. The van der Waals surface area contributed by atoms with Crippen molar-refractivity contribution in [2.45, 2.75) is 6.92 Å². The van der Waals surface area contributed by atoms with Crippen LogP contribution in [0.2, 0.25) is 5.02 Å². The lowest BCUT2D eigenvalue weighted by molar-refractivity contribution is 0.0600. The van der Waals surface area contributed by atoms with Crippen LogP contribution in [0.25, 0.3) is 0 Å². The summed E-state index contributed by atoms with van der Waals surface area (Å²) < 4.78 is 5.56. The first-order valence-corrected chi connectivity index (χ1v) is 7.86. The molecule has 0 fully saturated rings. The van der Waals surface area contributed by atoms with Gasteiger partial charge < -0.3 is 10.1 Å². The summed E-state index contributed by atoms with van der Waals surface area (Å²) in [6, 6.07) is 6.45. The highest BCUT2D eigenvalue weighted by molar-refractivity contribution is 9.11. The van der Waals surface area contributed by atoms with E-state index in [1.807, 2.05) is 6.92 Å². The van der Waals surface area contributed by atoms with Crippen molar-refractivity contribution in [1.29, 1.82) is 0 Å². The topological polar surface area (TPSA) is 55.4 Å². The zero-order chi connectivity index (χ0) is 15.6. The van der Waals surface area contributed by atoms with Crippen LogP contribution in [0.3, 0.4) is 0 Å². The van der Waals surface area contributed by atoms with Gasteiger partial charge in [0.2, 0.25) is 0 Å². The number of anilines is 1. The standard InChI is InChI=1S/C14H11BrClNO3S/c1-7-5-11(21-12(7)15)13(18)17-8-3-4-10(16)9(6-8)14(19)20-2/h3-6H,1-2H3,(H,17,18). The Morgan fingerprint density at radius 3 is 2.62 bits per heavy atom. The number of esters is 1. The predicted molar refractivity (Wildman–Crippen MR) is 87.5 cm³/mol. The number of methoxy groups -OCH3 is 1. The zero-order valence-electron chi connectivity index (χ0n) is 11.2. The molecule has 1 amide bonds. The number of hydrogen-bond acceptors (Lipinski definition) is 4. The van der Waals surface area contributed by atoms with Gasteiger partial charge in [0.15, 0.2) is 0 Å². The van der Waals surface area contributed by atoms with Crippen molar-refractivity contribution in [3.8, 4) is 0 Å². The summed E-state index contributed by atoms with van der Waals surface area (Å²) in [5, 5.41) is 3.00. The van der Waals surface area contributed by atoms with E-state index in [2.05, 4.69) is 26.0 Å². The summed E-state index contributed by atoms with van der Waals surface area (Å²) in [5.74, 6) is -0.794. The van der Waals surface area contributed by atoms with Crippen LogP contribution in [-0.2, 0) is 4.74 Å². The quantitative estimate of drug-likeness (QED) is 0.787. The number of carbonyl (C=O) groups excluding carboxylic acids is 2. The Balaban J connectivity index is 2.23. The number of rotatable bonds is 3. The Bertz CT molecular complexity index is 695. The molecule has 1 aromatic heterocycles. The molecule has 0 radical (unpaired) electrons. The van der Waals surface area contributed by atoms with Gasteiger partial charge in [0.25, 0.3) is 5.91 Å². The van der Waals surface area contributed by atoms with Gasteiger partial charge in [-0.1, -0.05) is 11.6 Å². The average molecular weight is 389 g/mol. The molecule has 7 heteroatoms. The van der Waals surface area contributed by atoms with E-state index in [0.29, 0.717) is 10.6 Å². The van der Waals surface area contributed by atoms with E-state index in [0.717, 1.165) is 9.35 Å². The van der Waals surface area contributed by atoms with Crippen LogP contribution in [0.4, 0.5) is 5.69 Å². The number of halogens is 2. The van der Waals surface area contributed by atoms with Crippen molar-refractivity contribution >= 4 is 56.4 Å². The summed E-state index contributed by atoms with van der Waals surface area (Å²) in [6.45, 7) is 1.91. The second kappa shape index (κ2) is 6.60. The molecule has 1 N–H and O–H groups in total. The average Bonchev–Trinajstić information content (AvgIpc) is 2.80. The van der Waals surface area contributed by atoms with Crippen LogP contribution in [0.1, 0.15) is 25.6 Å². The molecule has 0 spiro atoms. The molecule has 1 aromatic carbocycles. The third-order valence-corrected chi connectivity index (χ3v) is 5.18. The minimum absolute atomic E-state index is 0.209. The molecule has 1 heterocycles. The van der Waals surface area contributed by atoms with Crippen molar-refractivity contribution in [2.24, 2.45) is 0 Å². The van der Waals surface area contributed by atoms with Gasteiger partial charge in [-0.15, -0.1) is 11.3 Å². The maximum atomic E-state index is 12.1. The highest BCUT2D eigenvalue weighted by Gasteiger charge is 2.15. The van der Waals surface area contributed by atoms with E-state index >= 15 is 0 Å². The molecule has 0 aliphatic carbocycles. The van der Waals surface area contributed by atoms with E-state index in [1.54, 1.807) is 18.2 Å². The van der Waals surface area contributed by atoms with Gasteiger partial charge in [0, 0.05) is 5.69 Å². The molecule has 110 valence electrons. The van der Waals surface area contributed by atoms with Crippen LogP contribution in [0, 0.1) is 6.92 Å². The number of aryl methyl sites for hydroxylation is 1. The molecule has 0 unspecified atom stereocenters. The number of carbonyl (C=O) groups is 2. The first-order valence-electron chi connectivity index (χ1n) is 5.87. The van der Waals surface area contributed by atoms with Crippen molar-refractivity contribution in [1.82, 2.24) is 0 Å². The van der Waals surface area contributed by atoms with E-state index in [1.165, 1.54) is 24.5 Å². The molecular weight excluding hydrogens is 378 g/mol. The fourth-order valence-corrected chi connectivity index (χ4v) is 3.26. The minimum atomic E-state index is -0.550. The smallest absolute Gasteiger partial charge is 0.339 e. The predicted octanol–water partition coefficient (Wildman–Crippen LogP) is 4.51. The summed E-state index contributed by atoms with van der Waals surface area (Å²) in [4.78, 5) is 24.3. The SMILES string of the molecule is COC(=O)c1cc(NC(=O)c2cc(C)c(Br)s2)ccc1Cl. The first-order chi connectivity index (χ1) is 9.92. The molecule has 21 heavy (non-hydrogen) atoms. The number of hydrogen-bond donors (Lipinski definition) is 1. The lowest BCUT2D eigenvalue weighted by Gasteiger charge is -2.07. The molecule has 4 nitrogen and oxygen atoms in total. The highest BCUT2D eigenvalue weighted by atomic mass is 79.9. The molecule has 0 bridgehead atoms. The second-order valence-electron chi connectivity index (χ2n) is 4.21. The fourth-order valence-electron chi connectivity index (χ4n) is 1.63. The zero-order valence-corrected chi connectivity index (χ0v) is 14.4. The molecule has 0 aliphatic rings. The number of amides is 1. The third kappa shape index (κ3) is 3.64. The Kier molecular flexibility index (Phi) is 5.03. The fraction of sp³-hybridized carbons (Fsp3) is 0.143. The van der Waals surface area contributed by atoms with Crippen LogP contribution in [-0.4, -0.2) is 19.0 Å². The van der Waals surface area contributed by atoms with Gasteiger partial charge in [-0.05, 0) is 52.7 Å². The Morgan fingerprint density at radius 1 is 1.33 bits per heavy atom.